The first-order chi connectivity index (χ1) is 17.8. The van der Waals surface area contributed by atoms with Crippen molar-refractivity contribution in [2.24, 2.45) is 0 Å². The molecule has 1 aromatic heterocycles. The molecular formula is C31H29N5. The molecule has 3 aromatic rings. The Morgan fingerprint density at radius 3 is 2.36 bits per heavy atom. The maximum atomic E-state index is 5.00. The minimum atomic E-state index is 0.106. The molecule has 36 heavy (non-hydrogen) atoms. The number of aromatic nitrogens is 3. The van der Waals surface area contributed by atoms with Crippen LogP contribution in [0.2, 0.25) is 0 Å². The lowest BCUT2D eigenvalue weighted by Crippen LogP contribution is -2.20. The molecule has 1 unspecified atom stereocenters. The first-order valence-corrected chi connectivity index (χ1v) is 12.7. The molecule has 178 valence electrons. The van der Waals surface area contributed by atoms with E-state index in [2.05, 4.69) is 77.4 Å². The smallest absolute Gasteiger partial charge is 0.164 e. The highest BCUT2D eigenvalue weighted by atomic mass is 15.0. The Morgan fingerprint density at radius 1 is 0.778 bits per heavy atom. The first-order valence-electron chi connectivity index (χ1n) is 12.7. The van der Waals surface area contributed by atoms with Crippen molar-refractivity contribution in [1.82, 2.24) is 25.6 Å². The molecule has 6 rings (SSSR count). The number of hydrogen-bond donors (Lipinski definition) is 2. The van der Waals surface area contributed by atoms with E-state index in [1.54, 1.807) is 0 Å². The molecule has 0 radical (unpaired) electrons. The van der Waals surface area contributed by atoms with Crippen LogP contribution in [0.25, 0.3) is 33.9 Å². The minimum Gasteiger partial charge on any atom is -0.381 e. The zero-order valence-corrected chi connectivity index (χ0v) is 20.2. The van der Waals surface area contributed by atoms with Gasteiger partial charge in [-0.25, -0.2) is 15.0 Å². The second-order valence-electron chi connectivity index (χ2n) is 9.23. The van der Waals surface area contributed by atoms with Gasteiger partial charge in [0.15, 0.2) is 17.5 Å². The quantitative estimate of drug-likeness (QED) is 0.476. The van der Waals surface area contributed by atoms with Crippen molar-refractivity contribution < 1.29 is 0 Å². The molecule has 0 spiro atoms. The van der Waals surface area contributed by atoms with Crippen molar-refractivity contribution in [3.8, 4) is 22.8 Å². The van der Waals surface area contributed by atoms with Gasteiger partial charge in [-0.05, 0) is 73.0 Å². The van der Waals surface area contributed by atoms with E-state index >= 15 is 0 Å². The van der Waals surface area contributed by atoms with Crippen LogP contribution in [0.15, 0.2) is 97.3 Å². The number of rotatable bonds is 5. The number of hydrogen-bond acceptors (Lipinski definition) is 5. The van der Waals surface area contributed by atoms with Crippen LogP contribution in [0.1, 0.15) is 42.3 Å². The largest absolute Gasteiger partial charge is 0.381 e. The van der Waals surface area contributed by atoms with Crippen LogP contribution in [0.5, 0.6) is 0 Å². The monoisotopic (exact) mass is 471 g/mol. The molecule has 2 aliphatic heterocycles. The summed E-state index contributed by atoms with van der Waals surface area (Å²) in [5, 5.41) is 6.90. The van der Waals surface area contributed by atoms with Crippen LogP contribution >= 0.6 is 0 Å². The van der Waals surface area contributed by atoms with Crippen molar-refractivity contribution in [1.29, 1.82) is 0 Å². The predicted octanol–water partition coefficient (Wildman–Crippen LogP) is 6.03. The zero-order valence-electron chi connectivity index (χ0n) is 20.2. The average molecular weight is 472 g/mol. The number of allylic oxidation sites excluding steroid dienone is 6. The lowest BCUT2D eigenvalue weighted by atomic mass is 9.93. The van der Waals surface area contributed by atoms with E-state index in [-0.39, 0.29) is 6.04 Å². The predicted molar refractivity (Wildman–Crippen MR) is 147 cm³/mol. The molecule has 0 fully saturated rings. The summed E-state index contributed by atoms with van der Waals surface area (Å²) in [6.45, 7) is 1.89. The molecule has 2 aromatic carbocycles. The molecule has 0 bridgehead atoms. The third-order valence-electron chi connectivity index (χ3n) is 6.71. The van der Waals surface area contributed by atoms with Gasteiger partial charge in [-0.3, -0.25) is 0 Å². The standard InChI is InChI=1S/C31H29N5/c1-3-9-23(10-4-1)29-34-30(24-11-5-2-6-12-24)36-31(35-29)27-20-25(22-14-17-32-18-15-22)19-26(21-27)28-13-7-8-16-33-28/h1,3-5,7-14,16,19-21,28,32-33H,2,6,15,17-18H2. The van der Waals surface area contributed by atoms with Crippen molar-refractivity contribution in [2.75, 3.05) is 13.1 Å². The molecule has 0 saturated heterocycles. The van der Waals surface area contributed by atoms with Crippen molar-refractivity contribution in [2.45, 2.75) is 25.3 Å². The van der Waals surface area contributed by atoms with E-state index in [0.29, 0.717) is 11.6 Å². The molecule has 1 atom stereocenters. The molecule has 0 saturated carbocycles. The van der Waals surface area contributed by atoms with Gasteiger partial charge in [0, 0.05) is 23.2 Å². The van der Waals surface area contributed by atoms with Crippen LogP contribution in [-0.4, -0.2) is 28.0 Å². The number of nitrogens with one attached hydrogen (secondary N) is 2. The Labute approximate surface area is 212 Å². The molecular weight excluding hydrogens is 442 g/mol. The Morgan fingerprint density at radius 2 is 1.61 bits per heavy atom. The Kier molecular flexibility index (Phi) is 6.38. The van der Waals surface area contributed by atoms with Gasteiger partial charge in [-0.1, -0.05) is 66.8 Å². The zero-order chi connectivity index (χ0) is 24.2. The van der Waals surface area contributed by atoms with Crippen molar-refractivity contribution in [3.63, 3.8) is 0 Å². The lowest BCUT2D eigenvalue weighted by molar-refractivity contribution is 0.735. The highest BCUT2D eigenvalue weighted by Crippen LogP contribution is 2.31. The van der Waals surface area contributed by atoms with Gasteiger partial charge in [-0.15, -0.1) is 0 Å². The Balaban J connectivity index is 1.51. The van der Waals surface area contributed by atoms with E-state index in [9.17, 15) is 0 Å². The van der Waals surface area contributed by atoms with Crippen molar-refractivity contribution in [3.05, 3.63) is 114 Å². The van der Waals surface area contributed by atoms with E-state index in [1.807, 2.05) is 30.5 Å². The second-order valence-corrected chi connectivity index (χ2v) is 9.23. The SMILES string of the molecule is C1=CNC(c2cc(C3=CCNCC3)cc(-c3nc(C4=CCCC=C4)nc(-c4ccccc4)n3)c2)C=C1. The molecule has 5 heteroatoms. The summed E-state index contributed by atoms with van der Waals surface area (Å²) in [6.07, 6.45) is 20.2. The molecule has 3 aliphatic rings. The van der Waals surface area contributed by atoms with Crippen LogP contribution in [0.4, 0.5) is 0 Å². The third kappa shape index (κ3) is 4.83. The molecule has 3 heterocycles. The summed E-state index contributed by atoms with van der Waals surface area (Å²) in [4.78, 5) is 14.9. The lowest BCUT2D eigenvalue weighted by Gasteiger charge is -2.21. The Bertz CT molecular complexity index is 1410. The second kappa shape index (κ2) is 10.3. The van der Waals surface area contributed by atoms with Crippen LogP contribution in [0.3, 0.4) is 0 Å². The van der Waals surface area contributed by atoms with E-state index in [0.717, 1.165) is 54.9 Å². The number of benzene rings is 2. The summed E-state index contributed by atoms with van der Waals surface area (Å²) < 4.78 is 0. The molecule has 2 N–H and O–H groups in total. The van der Waals surface area contributed by atoms with E-state index in [4.69, 9.17) is 15.0 Å². The summed E-state index contributed by atoms with van der Waals surface area (Å²) in [5.41, 5.74) is 6.84. The maximum absolute atomic E-state index is 5.00. The number of nitrogens with zero attached hydrogens (tertiary/aromatic N) is 3. The Hall–Kier alpha value is -4.09. The van der Waals surface area contributed by atoms with Gasteiger partial charge in [0.25, 0.3) is 0 Å². The fraction of sp³-hybridized carbons (Fsp3) is 0.194. The molecule has 5 nitrogen and oxygen atoms in total. The van der Waals surface area contributed by atoms with Crippen molar-refractivity contribution >= 4 is 11.1 Å². The van der Waals surface area contributed by atoms with Crippen LogP contribution < -0.4 is 10.6 Å². The normalized spacial score (nSPS) is 18.9. The molecule has 0 amide bonds. The summed E-state index contributed by atoms with van der Waals surface area (Å²) in [5.74, 6) is 2.12. The van der Waals surface area contributed by atoms with Crippen LogP contribution in [-0.2, 0) is 0 Å². The highest BCUT2D eigenvalue weighted by molar-refractivity contribution is 5.76. The maximum Gasteiger partial charge on any atom is 0.164 e. The number of dihydropyridines is 1. The van der Waals surface area contributed by atoms with E-state index in [1.165, 1.54) is 16.7 Å². The minimum absolute atomic E-state index is 0.106. The third-order valence-corrected chi connectivity index (χ3v) is 6.71. The van der Waals surface area contributed by atoms with E-state index < -0.39 is 0 Å². The van der Waals surface area contributed by atoms with Gasteiger partial charge < -0.3 is 10.6 Å². The van der Waals surface area contributed by atoms with Gasteiger partial charge in [0.05, 0.1) is 6.04 Å². The average Bonchev–Trinajstić information content (AvgIpc) is 2.98. The summed E-state index contributed by atoms with van der Waals surface area (Å²) in [7, 11) is 0. The van der Waals surface area contributed by atoms with Gasteiger partial charge in [0.1, 0.15) is 0 Å². The van der Waals surface area contributed by atoms with Crippen LogP contribution in [0, 0.1) is 0 Å². The van der Waals surface area contributed by atoms with Gasteiger partial charge >= 0.3 is 0 Å². The van der Waals surface area contributed by atoms with Gasteiger partial charge in [-0.2, -0.15) is 0 Å². The molecule has 1 aliphatic carbocycles. The van der Waals surface area contributed by atoms with Gasteiger partial charge in [0.2, 0.25) is 0 Å². The fourth-order valence-electron chi connectivity index (χ4n) is 4.81. The first kappa shape index (κ1) is 22.4. The highest BCUT2D eigenvalue weighted by Gasteiger charge is 2.18. The fourth-order valence-corrected chi connectivity index (χ4v) is 4.81. The summed E-state index contributed by atoms with van der Waals surface area (Å²) in [6, 6.07) is 17.0. The topological polar surface area (TPSA) is 62.7 Å². The summed E-state index contributed by atoms with van der Waals surface area (Å²) >= 11 is 0.